The van der Waals surface area contributed by atoms with Gasteiger partial charge < -0.3 is 9.47 Å². The highest BCUT2D eigenvalue weighted by molar-refractivity contribution is 5.63. The van der Waals surface area contributed by atoms with Crippen LogP contribution in [0.15, 0.2) is 36.9 Å². The summed E-state index contributed by atoms with van der Waals surface area (Å²) in [6.07, 6.45) is 2.58. The van der Waals surface area contributed by atoms with E-state index in [0.29, 0.717) is 19.3 Å². The van der Waals surface area contributed by atoms with E-state index in [1.54, 1.807) is 0 Å². The molecule has 0 N–H and O–H groups in total. The van der Waals surface area contributed by atoms with Gasteiger partial charge in [-0.15, -0.1) is 0 Å². The van der Waals surface area contributed by atoms with Crippen molar-refractivity contribution in [2.75, 3.05) is 19.8 Å². The number of rotatable bonds is 5. The largest absolute Gasteiger partial charge is 0.376 e. The Morgan fingerprint density at radius 2 is 2.19 bits per heavy atom. The molecule has 1 unspecified atom stereocenters. The summed E-state index contributed by atoms with van der Waals surface area (Å²) in [5.41, 5.74) is 2.17. The van der Waals surface area contributed by atoms with E-state index in [9.17, 15) is 0 Å². The second kappa shape index (κ2) is 5.83. The van der Waals surface area contributed by atoms with Crippen LogP contribution in [-0.4, -0.2) is 25.9 Å². The number of hydrogen-bond donors (Lipinski definition) is 0. The van der Waals surface area contributed by atoms with Crippen molar-refractivity contribution >= 4 is 5.57 Å². The van der Waals surface area contributed by atoms with Crippen LogP contribution in [0.2, 0.25) is 0 Å². The molecular formula is C14H18O2. The zero-order chi connectivity index (χ0) is 11.2. The zero-order valence-electron chi connectivity index (χ0n) is 9.52. The van der Waals surface area contributed by atoms with Crippen LogP contribution < -0.4 is 0 Å². The van der Waals surface area contributed by atoms with Crippen LogP contribution in [0, 0.1) is 0 Å². The molecule has 0 spiro atoms. The van der Waals surface area contributed by atoms with Gasteiger partial charge in [-0.1, -0.05) is 36.9 Å². The van der Waals surface area contributed by atoms with E-state index in [1.807, 2.05) is 18.2 Å². The van der Waals surface area contributed by atoms with Gasteiger partial charge in [0.2, 0.25) is 0 Å². The van der Waals surface area contributed by atoms with Crippen molar-refractivity contribution in [3.05, 3.63) is 42.5 Å². The highest BCUT2D eigenvalue weighted by atomic mass is 16.5. The summed E-state index contributed by atoms with van der Waals surface area (Å²) < 4.78 is 11.1. The predicted molar refractivity (Wildman–Crippen MR) is 65.3 cm³/mol. The average molecular weight is 218 g/mol. The first kappa shape index (κ1) is 11.4. The van der Waals surface area contributed by atoms with E-state index in [0.717, 1.165) is 30.6 Å². The minimum absolute atomic E-state index is 0.295. The third-order valence-corrected chi connectivity index (χ3v) is 2.79. The van der Waals surface area contributed by atoms with Crippen LogP contribution in [0.25, 0.3) is 5.57 Å². The summed E-state index contributed by atoms with van der Waals surface area (Å²) in [7, 11) is 0. The van der Waals surface area contributed by atoms with E-state index in [1.165, 1.54) is 0 Å². The average Bonchev–Trinajstić information content (AvgIpc) is 2.83. The molecule has 0 aliphatic carbocycles. The molecule has 2 nitrogen and oxygen atoms in total. The van der Waals surface area contributed by atoms with Crippen molar-refractivity contribution in [2.24, 2.45) is 0 Å². The third kappa shape index (κ3) is 3.19. The van der Waals surface area contributed by atoms with Gasteiger partial charge in [-0.05, 0) is 24.0 Å². The van der Waals surface area contributed by atoms with Gasteiger partial charge in [0.15, 0.2) is 0 Å². The van der Waals surface area contributed by atoms with Crippen LogP contribution >= 0.6 is 0 Å². The van der Waals surface area contributed by atoms with Crippen molar-refractivity contribution in [2.45, 2.75) is 18.9 Å². The molecule has 1 fully saturated rings. The smallest absolute Gasteiger partial charge is 0.0809 e. The van der Waals surface area contributed by atoms with Crippen molar-refractivity contribution in [1.82, 2.24) is 0 Å². The normalized spacial score (nSPS) is 19.9. The molecule has 0 bridgehead atoms. The summed E-state index contributed by atoms with van der Waals surface area (Å²) in [4.78, 5) is 0. The van der Waals surface area contributed by atoms with E-state index < -0.39 is 0 Å². The monoisotopic (exact) mass is 218 g/mol. The molecule has 0 aromatic heterocycles. The van der Waals surface area contributed by atoms with Gasteiger partial charge >= 0.3 is 0 Å². The van der Waals surface area contributed by atoms with E-state index in [-0.39, 0.29) is 0 Å². The van der Waals surface area contributed by atoms with Crippen molar-refractivity contribution in [1.29, 1.82) is 0 Å². The molecular weight excluding hydrogens is 200 g/mol. The molecule has 1 aromatic rings. The SMILES string of the molecule is C=C(COCC1CCCO1)c1ccccc1. The molecule has 86 valence electrons. The molecule has 1 aliphatic heterocycles. The molecule has 0 radical (unpaired) electrons. The van der Waals surface area contributed by atoms with Crippen molar-refractivity contribution < 1.29 is 9.47 Å². The Labute approximate surface area is 96.9 Å². The lowest BCUT2D eigenvalue weighted by Gasteiger charge is -2.11. The maximum absolute atomic E-state index is 5.61. The van der Waals surface area contributed by atoms with Gasteiger partial charge in [0.1, 0.15) is 0 Å². The highest BCUT2D eigenvalue weighted by Gasteiger charge is 2.15. The molecule has 2 heteroatoms. The fourth-order valence-electron chi connectivity index (χ4n) is 1.85. The van der Waals surface area contributed by atoms with Crippen LogP contribution in [0.3, 0.4) is 0 Å². The Bertz CT molecular complexity index is 326. The van der Waals surface area contributed by atoms with Crippen LogP contribution in [0.4, 0.5) is 0 Å². The molecule has 16 heavy (non-hydrogen) atoms. The zero-order valence-corrected chi connectivity index (χ0v) is 9.52. The number of benzene rings is 1. The van der Waals surface area contributed by atoms with Gasteiger partial charge in [0.25, 0.3) is 0 Å². The quantitative estimate of drug-likeness (QED) is 0.756. The Kier molecular flexibility index (Phi) is 4.14. The molecule has 1 heterocycles. The predicted octanol–water partition coefficient (Wildman–Crippen LogP) is 2.90. The second-order valence-corrected chi connectivity index (χ2v) is 4.12. The lowest BCUT2D eigenvalue weighted by atomic mass is 10.1. The molecule has 1 atom stereocenters. The lowest BCUT2D eigenvalue weighted by molar-refractivity contribution is 0.0283. The van der Waals surface area contributed by atoms with Crippen molar-refractivity contribution in [3.8, 4) is 0 Å². The maximum atomic E-state index is 5.61. The van der Waals surface area contributed by atoms with Crippen LogP contribution in [0.1, 0.15) is 18.4 Å². The fourth-order valence-corrected chi connectivity index (χ4v) is 1.85. The third-order valence-electron chi connectivity index (χ3n) is 2.79. The highest BCUT2D eigenvalue weighted by Crippen LogP contribution is 2.15. The van der Waals surface area contributed by atoms with Gasteiger partial charge in [0.05, 0.1) is 19.3 Å². The molecule has 1 aromatic carbocycles. The first-order valence-corrected chi connectivity index (χ1v) is 5.79. The van der Waals surface area contributed by atoms with E-state index >= 15 is 0 Å². The molecule has 0 amide bonds. The first-order valence-electron chi connectivity index (χ1n) is 5.79. The number of hydrogen-bond acceptors (Lipinski definition) is 2. The Hall–Kier alpha value is -1.12. The van der Waals surface area contributed by atoms with Gasteiger partial charge in [-0.25, -0.2) is 0 Å². The van der Waals surface area contributed by atoms with E-state index in [4.69, 9.17) is 9.47 Å². The molecule has 1 saturated heterocycles. The molecule has 2 rings (SSSR count). The standard InChI is InChI=1S/C14H18O2/c1-12(13-6-3-2-4-7-13)10-15-11-14-8-5-9-16-14/h2-4,6-7,14H,1,5,8-11H2. The Balaban J connectivity index is 1.71. The van der Waals surface area contributed by atoms with Crippen molar-refractivity contribution in [3.63, 3.8) is 0 Å². The summed E-state index contributed by atoms with van der Waals surface area (Å²) >= 11 is 0. The summed E-state index contributed by atoms with van der Waals surface area (Å²) in [5.74, 6) is 0. The minimum atomic E-state index is 0.295. The minimum Gasteiger partial charge on any atom is -0.376 e. The number of ether oxygens (including phenoxy) is 2. The second-order valence-electron chi connectivity index (χ2n) is 4.12. The fraction of sp³-hybridized carbons (Fsp3) is 0.429. The van der Waals surface area contributed by atoms with E-state index in [2.05, 4.69) is 18.7 Å². The summed E-state index contributed by atoms with van der Waals surface area (Å²) in [6, 6.07) is 10.1. The molecule has 0 saturated carbocycles. The Morgan fingerprint density at radius 1 is 1.38 bits per heavy atom. The van der Waals surface area contributed by atoms with Gasteiger partial charge in [-0.3, -0.25) is 0 Å². The topological polar surface area (TPSA) is 18.5 Å². The van der Waals surface area contributed by atoms with Crippen LogP contribution in [-0.2, 0) is 9.47 Å². The van der Waals surface area contributed by atoms with Gasteiger partial charge in [-0.2, -0.15) is 0 Å². The Morgan fingerprint density at radius 3 is 2.88 bits per heavy atom. The maximum Gasteiger partial charge on any atom is 0.0809 e. The van der Waals surface area contributed by atoms with Crippen LogP contribution in [0.5, 0.6) is 0 Å². The molecule has 1 aliphatic rings. The van der Waals surface area contributed by atoms with Gasteiger partial charge in [0, 0.05) is 6.61 Å². The summed E-state index contributed by atoms with van der Waals surface area (Å²) in [5, 5.41) is 0. The summed E-state index contributed by atoms with van der Waals surface area (Å²) in [6.45, 7) is 6.18. The lowest BCUT2D eigenvalue weighted by Crippen LogP contribution is -2.14. The first-order chi connectivity index (χ1) is 7.86.